The van der Waals surface area contributed by atoms with Gasteiger partial charge >= 0.3 is 0 Å². The first kappa shape index (κ1) is 17.5. The van der Waals surface area contributed by atoms with Gasteiger partial charge in [0.15, 0.2) is 0 Å². The van der Waals surface area contributed by atoms with E-state index in [4.69, 9.17) is 15.3 Å². The topological polar surface area (TPSA) is 56.5 Å². The second kappa shape index (κ2) is 8.16. The van der Waals surface area contributed by atoms with Crippen molar-refractivity contribution in [2.24, 2.45) is 17.7 Å². The molecule has 0 aliphatic carbocycles. The van der Waals surface area contributed by atoms with E-state index in [1.807, 2.05) is 0 Å². The van der Waals surface area contributed by atoms with Crippen molar-refractivity contribution in [1.82, 2.24) is 5.43 Å². The first-order valence-electron chi connectivity index (χ1n) is 8.41. The lowest BCUT2D eigenvalue weighted by atomic mass is 9.76. The van der Waals surface area contributed by atoms with E-state index in [0.717, 1.165) is 26.1 Å². The van der Waals surface area contributed by atoms with Crippen LogP contribution < -0.4 is 11.3 Å². The second-order valence-electron chi connectivity index (χ2n) is 6.75. The van der Waals surface area contributed by atoms with E-state index in [0.29, 0.717) is 11.8 Å². The lowest BCUT2D eigenvalue weighted by Gasteiger charge is -2.46. The van der Waals surface area contributed by atoms with Gasteiger partial charge in [0.1, 0.15) is 0 Å². The molecule has 2 rings (SSSR count). The molecule has 2 fully saturated rings. The Bertz CT molecular complexity index is 303. The summed E-state index contributed by atoms with van der Waals surface area (Å²) in [5.41, 5.74) is 3.18. The minimum atomic E-state index is 0.108. The fourth-order valence-electron chi connectivity index (χ4n) is 3.87. The zero-order valence-electron chi connectivity index (χ0n) is 13.8. The van der Waals surface area contributed by atoms with Crippen molar-refractivity contribution < 1.29 is 9.47 Å². The Hall–Kier alpha value is 0.190. The Labute approximate surface area is 133 Å². The van der Waals surface area contributed by atoms with E-state index >= 15 is 0 Å². The number of rotatable bonds is 6. The normalized spacial score (nSPS) is 28.7. The van der Waals surface area contributed by atoms with E-state index in [2.05, 4.69) is 38.0 Å². The highest BCUT2D eigenvalue weighted by molar-refractivity contribution is 7.99. The molecule has 0 saturated carbocycles. The molecular weight excluding hydrogens is 284 g/mol. The van der Waals surface area contributed by atoms with Crippen LogP contribution in [0.4, 0.5) is 0 Å². The highest BCUT2D eigenvalue weighted by Gasteiger charge is 2.43. The number of thioether (sulfide) groups is 1. The van der Waals surface area contributed by atoms with Crippen LogP contribution in [0.1, 0.15) is 46.5 Å². The van der Waals surface area contributed by atoms with Crippen LogP contribution >= 0.6 is 11.8 Å². The Morgan fingerprint density at radius 1 is 1.38 bits per heavy atom. The van der Waals surface area contributed by atoms with Crippen LogP contribution in [0.15, 0.2) is 0 Å². The summed E-state index contributed by atoms with van der Waals surface area (Å²) in [6.45, 7) is 8.11. The van der Waals surface area contributed by atoms with E-state index in [9.17, 15) is 0 Å². The summed E-state index contributed by atoms with van der Waals surface area (Å²) in [6, 6.07) is 0.223. The molecule has 124 valence electrons. The van der Waals surface area contributed by atoms with Crippen molar-refractivity contribution in [3.05, 3.63) is 0 Å². The quantitative estimate of drug-likeness (QED) is 0.583. The number of hydrogen-bond acceptors (Lipinski definition) is 5. The van der Waals surface area contributed by atoms with Crippen molar-refractivity contribution in [3.63, 3.8) is 0 Å². The summed E-state index contributed by atoms with van der Waals surface area (Å²) < 4.78 is 12.2. The molecule has 2 saturated heterocycles. The highest BCUT2D eigenvalue weighted by atomic mass is 32.2. The van der Waals surface area contributed by atoms with Gasteiger partial charge in [-0.05, 0) is 55.9 Å². The molecule has 3 N–H and O–H groups in total. The zero-order valence-corrected chi connectivity index (χ0v) is 14.6. The SMILES string of the molecule is CCOC(C(C)C)C(NN)C1CCOC2(CCSCC2)C1. The molecule has 1 spiro atoms. The molecule has 21 heavy (non-hydrogen) atoms. The summed E-state index contributed by atoms with van der Waals surface area (Å²) in [5, 5.41) is 0. The molecule has 0 amide bonds. The van der Waals surface area contributed by atoms with Gasteiger partial charge in [-0.15, -0.1) is 0 Å². The Morgan fingerprint density at radius 3 is 2.67 bits per heavy atom. The smallest absolute Gasteiger partial charge is 0.0766 e. The maximum absolute atomic E-state index is 6.21. The number of hydrogen-bond donors (Lipinski definition) is 2. The fourth-order valence-corrected chi connectivity index (χ4v) is 5.10. The van der Waals surface area contributed by atoms with Gasteiger partial charge < -0.3 is 9.47 Å². The van der Waals surface area contributed by atoms with Crippen LogP contribution in [0.25, 0.3) is 0 Å². The summed E-state index contributed by atoms with van der Waals surface area (Å²) in [6.07, 6.45) is 4.76. The van der Waals surface area contributed by atoms with E-state index in [1.165, 1.54) is 24.3 Å². The van der Waals surface area contributed by atoms with Crippen LogP contribution in [-0.2, 0) is 9.47 Å². The van der Waals surface area contributed by atoms with Crippen molar-refractivity contribution in [3.8, 4) is 0 Å². The van der Waals surface area contributed by atoms with Crippen LogP contribution in [0.5, 0.6) is 0 Å². The standard InChI is InChI=1S/C16H32N2O2S/c1-4-19-15(12(2)3)14(18-17)13-5-8-20-16(11-13)6-9-21-10-7-16/h12-15,18H,4-11,17H2,1-3H3. The van der Waals surface area contributed by atoms with E-state index in [1.54, 1.807) is 0 Å². The molecule has 0 radical (unpaired) electrons. The number of nitrogens with two attached hydrogens (primary N) is 1. The van der Waals surface area contributed by atoms with Crippen molar-refractivity contribution in [1.29, 1.82) is 0 Å². The number of hydrazine groups is 1. The number of ether oxygens (including phenoxy) is 2. The molecule has 0 aromatic rings. The molecule has 0 bridgehead atoms. The maximum atomic E-state index is 6.21. The molecule has 2 heterocycles. The molecule has 3 unspecified atom stereocenters. The lowest BCUT2D eigenvalue weighted by Crippen LogP contribution is -2.56. The van der Waals surface area contributed by atoms with Gasteiger partial charge in [-0.1, -0.05) is 13.8 Å². The van der Waals surface area contributed by atoms with Gasteiger partial charge in [-0.3, -0.25) is 11.3 Å². The first-order valence-corrected chi connectivity index (χ1v) is 9.57. The van der Waals surface area contributed by atoms with Gasteiger partial charge in [-0.2, -0.15) is 11.8 Å². The Kier molecular flexibility index (Phi) is 6.81. The van der Waals surface area contributed by atoms with Crippen molar-refractivity contribution in [2.75, 3.05) is 24.7 Å². The molecule has 5 heteroatoms. The second-order valence-corrected chi connectivity index (χ2v) is 7.98. The molecule has 0 aromatic heterocycles. The van der Waals surface area contributed by atoms with Gasteiger partial charge in [0, 0.05) is 13.2 Å². The van der Waals surface area contributed by atoms with Crippen LogP contribution in [0, 0.1) is 11.8 Å². The third-order valence-electron chi connectivity index (χ3n) is 5.01. The zero-order chi connectivity index (χ0) is 15.3. The molecular formula is C16H32N2O2S. The van der Waals surface area contributed by atoms with Gasteiger partial charge in [-0.25, -0.2) is 0 Å². The summed E-state index contributed by atoms with van der Waals surface area (Å²) in [4.78, 5) is 0. The lowest BCUT2D eigenvalue weighted by molar-refractivity contribution is -0.119. The molecule has 3 atom stereocenters. The largest absolute Gasteiger partial charge is 0.377 e. The summed E-state index contributed by atoms with van der Waals surface area (Å²) in [7, 11) is 0. The minimum absolute atomic E-state index is 0.108. The predicted molar refractivity (Wildman–Crippen MR) is 89.3 cm³/mol. The average molecular weight is 317 g/mol. The van der Waals surface area contributed by atoms with Gasteiger partial charge in [0.2, 0.25) is 0 Å². The highest BCUT2D eigenvalue weighted by Crippen LogP contribution is 2.41. The van der Waals surface area contributed by atoms with Gasteiger partial charge in [0.05, 0.1) is 17.7 Å². The molecule has 2 aliphatic heterocycles. The molecule has 0 aromatic carbocycles. The summed E-state index contributed by atoms with van der Waals surface area (Å²) >= 11 is 2.05. The molecule has 2 aliphatic rings. The average Bonchev–Trinajstić information content (AvgIpc) is 2.48. The van der Waals surface area contributed by atoms with E-state index < -0.39 is 0 Å². The summed E-state index contributed by atoms with van der Waals surface area (Å²) in [5.74, 6) is 9.38. The van der Waals surface area contributed by atoms with Crippen molar-refractivity contribution >= 4 is 11.8 Å². The maximum Gasteiger partial charge on any atom is 0.0766 e. The van der Waals surface area contributed by atoms with E-state index in [-0.39, 0.29) is 17.7 Å². The molecule has 4 nitrogen and oxygen atoms in total. The van der Waals surface area contributed by atoms with Crippen LogP contribution in [-0.4, -0.2) is 42.5 Å². The predicted octanol–water partition coefficient (Wildman–Crippen LogP) is 2.57. The third-order valence-corrected chi connectivity index (χ3v) is 5.99. The van der Waals surface area contributed by atoms with Crippen LogP contribution in [0.3, 0.4) is 0 Å². The van der Waals surface area contributed by atoms with Crippen LogP contribution in [0.2, 0.25) is 0 Å². The Balaban J connectivity index is 2.05. The number of nitrogens with one attached hydrogen (secondary N) is 1. The minimum Gasteiger partial charge on any atom is -0.377 e. The fraction of sp³-hybridized carbons (Fsp3) is 1.00. The monoisotopic (exact) mass is 316 g/mol. The van der Waals surface area contributed by atoms with Gasteiger partial charge in [0.25, 0.3) is 0 Å². The van der Waals surface area contributed by atoms with Crippen molar-refractivity contribution in [2.45, 2.75) is 64.2 Å². The first-order chi connectivity index (χ1) is 10.1. The third kappa shape index (κ3) is 4.35. The Morgan fingerprint density at radius 2 is 2.10 bits per heavy atom.